The third kappa shape index (κ3) is 5.57. The van der Waals surface area contributed by atoms with Crippen LogP contribution in [-0.2, 0) is 14.8 Å². The Bertz CT molecular complexity index is 932. The summed E-state index contributed by atoms with van der Waals surface area (Å²) in [6.07, 6.45) is 1.12. The van der Waals surface area contributed by atoms with Crippen LogP contribution < -0.4 is 9.62 Å². The Hall–Kier alpha value is -2.34. The number of sulfonamides is 1. The van der Waals surface area contributed by atoms with Crippen LogP contribution >= 0.6 is 0 Å². The van der Waals surface area contributed by atoms with E-state index in [0.29, 0.717) is 5.69 Å². The monoisotopic (exact) mass is 388 g/mol. The van der Waals surface area contributed by atoms with Gasteiger partial charge in [0.1, 0.15) is 6.54 Å². The molecular weight excluding hydrogens is 360 g/mol. The molecule has 1 N–H and O–H groups in total. The highest BCUT2D eigenvalue weighted by molar-refractivity contribution is 7.92. The average molecular weight is 389 g/mol. The van der Waals surface area contributed by atoms with E-state index < -0.39 is 10.0 Å². The number of carbonyl (C=O) groups is 1. The van der Waals surface area contributed by atoms with Crippen LogP contribution in [0.5, 0.6) is 0 Å². The standard InChI is InChI=1S/C21H28N2O3S/c1-14-7-8-17(4)20(12-14)18(5)22-21(24)13-23(27(6,25)26)19-10-15(2)9-16(3)11-19/h7-12,18H,13H2,1-6H3,(H,22,24)/t18-/m0/s1. The minimum atomic E-state index is -3.59. The van der Waals surface area contributed by atoms with Crippen molar-refractivity contribution in [3.05, 3.63) is 64.2 Å². The van der Waals surface area contributed by atoms with Gasteiger partial charge in [-0.15, -0.1) is 0 Å². The fourth-order valence-corrected chi connectivity index (χ4v) is 4.06. The summed E-state index contributed by atoms with van der Waals surface area (Å²) >= 11 is 0. The second-order valence-electron chi connectivity index (χ2n) is 7.26. The molecule has 0 aliphatic rings. The van der Waals surface area contributed by atoms with E-state index in [1.54, 1.807) is 12.1 Å². The number of hydrogen-bond acceptors (Lipinski definition) is 3. The number of nitrogens with zero attached hydrogens (tertiary/aromatic N) is 1. The lowest BCUT2D eigenvalue weighted by Gasteiger charge is -2.24. The van der Waals surface area contributed by atoms with Crippen molar-refractivity contribution in [2.75, 3.05) is 17.1 Å². The van der Waals surface area contributed by atoms with Gasteiger partial charge in [-0.2, -0.15) is 0 Å². The van der Waals surface area contributed by atoms with E-state index in [0.717, 1.165) is 38.4 Å². The Balaban J connectivity index is 2.23. The van der Waals surface area contributed by atoms with Crippen LogP contribution in [0.25, 0.3) is 0 Å². The topological polar surface area (TPSA) is 66.5 Å². The lowest BCUT2D eigenvalue weighted by atomic mass is 10.00. The summed E-state index contributed by atoms with van der Waals surface area (Å²) in [6, 6.07) is 11.4. The zero-order valence-corrected chi connectivity index (χ0v) is 17.6. The SMILES string of the molecule is Cc1cc(C)cc(N(CC(=O)N[C@@H](C)c2cc(C)ccc2C)S(C)(=O)=O)c1. The Kier molecular flexibility index (Phi) is 6.31. The Morgan fingerprint density at radius 1 is 1.00 bits per heavy atom. The highest BCUT2D eigenvalue weighted by Gasteiger charge is 2.22. The van der Waals surface area contributed by atoms with Gasteiger partial charge in [0.15, 0.2) is 0 Å². The fourth-order valence-electron chi connectivity index (χ4n) is 3.22. The number of hydrogen-bond donors (Lipinski definition) is 1. The highest BCUT2D eigenvalue weighted by Crippen LogP contribution is 2.22. The molecule has 27 heavy (non-hydrogen) atoms. The molecule has 0 aliphatic carbocycles. The molecule has 0 radical (unpaired) electrons. The molecule has 2 aromatic carbocycles. The maximum absolute atomic E-state index is 12.6. The summed E-state index contributed by atoms with van der Waals surface area (Å²) < 4.78 is 25.7. The molecule has 1 atom stereocenters. The van der Waals surface area contributed by atoms with Crippen molar-refractivity contribution < 1.29 is 13.2 Å². The third-order valence-electron chi connectivity index (χ3n) is 4.46. The lowest BCUT2D eigenvalue weighted by molar-refractivity contribution is -0.120. The van der Waals surface area contributed by atoms with Crippen molar-refractivity contribution in [3.63, 3.8) is 0 Å². The number of aryl methyl sites for hydroxylation is 4. The van der Waals surface area contributed by atoms with Gasteiger partial charge < -0.3 is 5.32 Å². The Morgan fingerprint density at radius 2 is 1.59 bits per heavy atom. The van der Waals surface area contributed by atoms with Crippen LogP contribution in [0.2, 0.25) is 0 Å². The van der Waals surface area contributed by atoms with Crippen LogP contribution in [0.1, 0.15) is 40.8 Å². The summed E-state index contributed by atoms with van der Waals surface area (Å²) in [5.41, 5.74) is 5.63. The van der Waals surface area contributed by atoms with Gasteiger partial charge in [-0.05, 0) is 69.0 Å². The largest absolute Gasteiger partial charge is 0.348 e. The Labute approximate surface area is 162 Å². The first-order valence-corrected chi connectivity index (χ1v) is 10.7. The van der Waals surface area contributed by atoms with Crippen LogP contribution in [-0.4, -0.2) is 27.1 Å². The second kappa shape index (κ2) is 8.13. The minimum absolute atomic E-state index is 0.210. The first-order valence-electron chi connectivity index (χ1n) is 8.90. The van der Waals surface area contributed by atoms with Gasteiger partial charge in [0.2, 0.25) is 15.9 Å². The molecule has 0 aliphatic heterocycles. The minimum Gasteiger partial charge on any atom is -0.348 e. The quantitative estimate of drug-likeness (QED) is 0.823. The summed E-state index contributed by atoms with van der Waals surface area (Å²) in [7, 11) is -3.59. The molecule has 5 nitrogen and oxygen atoms in total. The molecule has 0 unspecified atom stereocenters. The molecule has 2 rings (SSSR count). The maximum Gasteiger partial charge on any atom is 0.241 e. The van der Waals surface area contributed by atoms with Gasteiger partial charge in [-0.25, -0.2) is 8.42 Å². The van der Waals surface area contributed by atoms with Gasteiger partial charge in [0.05, 0.1) is 18.0 Å². The van der Waals surface area contributed by atoms with Gasteiger partial charge in [0.25, 0.3) is 0 Å². The van der Waals surface area contributed by atoms with Crippen molar-refractivity contribution in [2.45, 2.75) is 40.7 Å². The van der Waals surface area contributed by atoms with Crippen LogP contribution in [0, 0.1) is 27.7 Å². The van der Waals surface area contributed by atoms with Crippen LogP contribution in [0.3, 0.4) is 0 Å². The van der Waals surface area contributed by atoms with Gasteiger partial charge >= 0.3 is 0 Å². The molecule has 2 aromatic rings. The van der Waals surface area contributed by atoms with E-state index in [-0.39, 0.29) is 18.5 Å². The van der Waals surface area contributed by atoms with E-state index in [4.69, 9.17) is 0 Å². The van der Waals surface area contributed by atoms with Crippen LogP contribution in [0.15, 0.2) is 36.4 Å². The summed E-state index contributed by atoms with van der Waals surface area (Å²) in [6.45, 7) is 9.45. The van der Waals surface area contributed by atoms with Crippen molar-refractivity contribution in [1.82, 2.24) is 5.32 Å². The smallest absolute Gasteiger partial charge is 0.241 e. The van der Waals surface area contributed by atoms with E-state index in [1.807, 2.05) is 58.9 Å². The number of carbonyl (C=O) groups excluding carboxylic acids is 1. The predicted octanol–water partition coefficient (Wildman–Crippen LogP) is 3.56. The van der Waals surface area contributed by atoms with E-state index in [2.05, 4.69) is 5.32 Å². The normalized spacial score (nSPS) is 12.5. The summed E-state index contributed by atoms with van der Waals surface area (Å²) in [4.78, 5) is 12.6. The average Bonchev–Trinajstić information content (AvgIpc) is 2.52. The van der Waals surface area contributed by atoms with E-state index in [1.165, 1.54) is 0 Å². The molecule has 6 heteroatoms. The van der Waals surface area contributed by atoms with E-state index in [9.17, 15) is 13.2 Å². The van der Waals surface area contributed by atoms with Crippen molar-refractivity contribution in [3.8, 4) is 0 Å². The first-order chi connectivity index (χ1) is 12.5. The van der Waals surface area contributed by atoms with Gasteiger partial charge in [-0.3, -0.25) is 9.10 Å². The van der Waals surface area contributed by atoms with Crippen LogP contribution in [0.4, 0.5) is 5.69 Å². The predicted molar refractivity (Wildman–Crippen MR) is 111 cm³/mol. The molecule has 0 fully saturated rings. The molecular formula is C21H28N2O3S. The number of anilines is 1. The van der Waals surface area contributed by atoms with Crippen molar-refractivity contribution in [2.24, 2.45) is 0 Å². The molecule has 146 valence electrons. The molecule has 1 amide bonds. The van der Waals surface area contributed by atoms with Crippen molar-refractivity contribution >= 4 is 21.6 Å². The fraction of sp³-hybridized carbons (Fsp3) is 0.381. The number of nitrogens with one attached hydrogen (secondary N) is 1. The molecule has 0 heterocycles. The zero-order valence-electron chi connectivity index (χ0n) is 16.8. The van der Waals surface area contributed by atoms with E-state index >= 15 is 0 Å². The summed E-state index contributed by atoms with van der Waals surface area (Å²) in [5, 5.41) is 2.92. The molecule has 0 saturated heterocycles. The zero-order chi connectivity index (χ0) is 20.4. The summed E-state index contributed by atoms with van der Waals surface area (Å²) in [5.74, 6) is -0.340. The van der Waals surface area contributed by atoms with Crippen molar-refractivity contribution in [1.29, 1.82) is 0 Å². The number of rotatable bonds is 6. The number of benzene rings is 2. The number of amides is 1. The third-order valence-corrected chi connectivity index (χ3v) is 5.60. The first kappa shape index (κ1) is 21.0. The maximum atomic E-state index is 12.6. The Morgan fingerprint density at radius 3 is 2.15 bits per heavy atom. The van der Waals surface area contributed by atoms with Gasteiger partial charge in [-0.1, -0.05) is 29.8 Å². The molecule has 0 saturated carbocycles. The lowest BCUT2D eigenvalue weighted by Crippen LogP contribution is -2.41. The molecule has 0 aromatic heterocycles. The molecule has 0 bridgehead atoms. The molecule has 0 spiro atoms. The highest BCUT2D eigenvalue weighted by atomic mass is 32.2. The van der Waals surface area contributed by atoms with Gasteiger partial charge in [0, 0.05) is 0 Å². The second-order valence-corrected chi connectivity index (χ2v) is 9.17.